The number of allylic oxidation sites excluding steroid dienone is 3. The third-order valence-corrected chi connectivity index (χ3v) is 5.42. The standard InChI is InChI=1S/C24H22O4S/c1-16(13-17(2)28-15-18-7-9-21(27-3)10-8-18)22-11-12-23(29-22)24(26)19-5-4-6-20(25)14-19/h4-14,25H,1,15H2,2-3H3. The van der Waals surface area contributed by atoms with Crippen molar-refractivity contribution in [3.05, 3.63) is 100.0 Å². The molecule has 0 saturated carbocycles. The Morgan fingerprint density at radius 3 is 2.52 bits per heavy atom. The third kappa shape index (κ3) is 5.36. The van der Waals surface area contributed by atoms with E-state index in [4.69, 9.17) is 9.47 Å². The molecule has 0 spiro atoms. The molecule has 1 aromatic heterocycles. The van der Waals surface area contributed by atoms with Gasteiger partial charge >= 0.3 is 0 Å². The first-order chi connectivity index (χ1) is 14.0. The molecule has 1 heterocycles. The smallest absolute Gasteiger partial charge is 0.203 e. The molecule has 4 nitrogen and oxygen atoms in total. The van der Waals surface area contributed by atoms with E-state index in [-0.39, 0.29) is 11.5 Å². The fourth-order valence-electron chi connectivity index (χ4n) is 2.70. The normalized spacial score (nSPS) is 11.2. The molecule has 0 radical (unpaired) electrons. The van der Waals surface area contributed by atoms with Crippen LogP contribution in [0.5, 0.6) is 11.5 Å². The van der Waals surface area contributed by atoms with Gasteiger partial charge in [0.15, 0.2) is 0 Å². The molecule has 0 aliphatic heterocycles. The summed E-state index contributed by atoms with van der Waals surface area (Å²) in [5.74, 6) is 1.49. The van der Waals surface area contributed by atoms with Crippen LogP contribution in [-0.2, 0) is 11.3 Å². The van der Waals surface area contributed by atoms with E-state index in [0.717, 1.165) is 27.5 Å². The summed E-state index contributed by atoms with van der Waals surface area (Å²) < 4.78 is 10.9. The molecule has 0 aliphatic rings. The lowest BCUT2D eigenvalue weighted by molar-refractivity contribution is 0.104. The van der Waals surface area contributed by atoms with Crippen molar-refractivity contribution in [2.45, 2.75) is 13.5 Å². The molecule has 0 aliphatic carbocycles. The van der Waals surface area contributed by atoms with Crippen molar-refractivity contribution in [3.8, 4) is 11.5 Å². The summed E-state index contributed by atoms with van der Waals surface area (Å²) in [4.78, 5) is 14.1. The van der Waals surface area contributed by atoms with Gasteiger partial charge in [0.2, 0.25) is 5.78 Å². The maximum atomic E-state index is 12.6. The molecular weight excluding hydrogens is 384 g/mol. The molecule has 0 fully saturated rings. The number of hydrogen-bond donors (Lipinski definition) is 1. The Hall–Kier alpha value is -3.31. The predicted molar refractivity (Wildman–Crippen MR) is 116 cm³/mol. The van der Waals surface area contributed by atoms with Gasteiger partial charge in [0.1, 0.15) is 18.1 Å². The number of ketones is 1. The number of carbonyl (C=O) groups excluding carboxylic acids is 1. The van der Waals surface area contributed by atoms with Gasteiger partial charge in [0.05, 0.1) is 17.7 Å². The molecule has 0 amide bonds. The van der Waals surface area contributed by atoms with Gasteiger partial charge in [-0.2, -0.15) is 0 Å². The maximum absolute atomic E-state index is 12.6. The number of benzene rings is 2. The van der Waals surface area contributed by atoms with E-state index in [2.05, 4.69) is 6.58 Å². The zero-order valence-electron chi connectivity index (χ0n) is 16.3. The average Bonchev–Trinajstić information content (AvgIpc) is 3.22. The first kappa shape index (κ1) is 20.4. The number of aromatic hydroxyl groups is 1. The minimum Gasteiger partial charge on any atom is -0.508 e. The molecule has 3 aromatic rings. The lowest BCUT2D eigenvalue weighted by Gasteiger charge is -2.08. The van der Waals surface area contributed by atoms with Gasteiger partial charge in [-0.05, 0) is 60.5 Å². The number of carbonyl (C=O) groups is 1. The topological polar surface area (TPSA) is 55.8 Å². The van der Waals surface area contributed by atoms with Crippen LogP contribution >= 0.6 is 11.3 Å². The van der Waals surface area contributed by atoms with Gasteiger partial charge in [-0.3, -0.25) is 4.79 Å². The number of thiophene rings is 1. The fraction of sp³-hybridized carbons (Fsp3) is 0.125. The van der Waals surface area contributed by atoms with Crippen molar-refractivity contribution in [2.24, 2.45) is 0 Å². The molecule has 0 unspecified atom stereocenters. The number of phenols is 1. The van der Waals surface area contributed by atoms with Crippen molar-refractivity contribution >= 4 is 22.7 Å². The summed E-state index contributed by atoms with van der Waals surface area (Å²) in [5, 5.41) is 9.57. The highest BCUT2D eigenvalue weighted by molar-refractivity contribution is 7.15. The zero-order chi connectivity index (χ0) is 20.8. The molecule has 0 bridgehead atoms. The van der Waals surface area contributed by atoms with Crippen LogP contribution in [-0.4, -0.2) is 18.0 Å². The average molecular weight is 407 g/mol. The van der Waals surface area contributed by atoms with Crippen molar-refractivity contribution in [2.75, 3.05) is 7.11 Å². The van der Waals surface area contributed by atoms with Gasteiger partial charge in [0.25, 0.3) is 0 Å². The largest absolute Gasteiger partial charge is 0.508 e. The number of phenolic OH excluding ortho intramolecular Hbond substituents is 1. The minimum absolute atomic E-state index is 0.0737. The number of hydrogen-bond acceptors (Lipinski definition) is 5. The molecule has 0 saturated heterocycles. The molecule has 0 atom stereocenters. The fourth-order valence-corrected chi connectivity index (χ4v) is 3.61. The SMILES string of the molecule is C=C(C=C(C)OCc1ccc(OC)cc1)c1ccc(C(=O)c2cccc(O)c2)s1. The van der Waals surface area contributed by atoms with Gasteiger partial charge in [-0.25, -0.2) is 0 Å². The zero-order valence-corrected chi connectivity index (χ0v) is 17.2. The van der Waals surface area contributed by atoms with Gasteiger partial charge in [0, 0.05) is 10.4 Å². The third-order valence-electron chi connectivity index (χ3n) is 4.26. The summed E-state index contributed by atoms with van der Waals surface area (Å²) in [6.07, 6.45) is 1.86. The van der Waals surface area contributed by atoms with E-state index in [0.29, 0.717) is 17.0 Å². The molecule has 2 aromatic carbocycles. The lowest BCUT2D eigenvalue weighted by Crippen LogP contribution is -1.97. The van der Waals surface area contributed by atoms with E-state index in [1.165, 1.54) is 23.5 Å². The van der Waals surface area contributed by atoms with Gasteiger partial charge < -0.3 is 14.6 Å². The second-order valence-electron chi connectivity index (χ2n) is 6.46. The van der Waals surface area contributed by atoms with Crippen molar-refractivity contribution in [3.63, 3.8) is 0 Å². The number of ether oxygens (including phenoxy) is 2. The van der Waals surface area contributed by atoms with Crippen LogP contribution in [0.1, 0.15) is 32.6 Å². The van der Waals surface area contributed by atoms with E-state index in [9.17, 15) is 9.90 Å². The monoisotopic (exact) mass is 406 g/mol. The first-order valence-corrected chi connectivity index (χ1v) is 9.85. The Morgan fingerprint density at radius 1 is 1.10 bits per heavy atom. The number of methoxy groups -OCH3 is 1. The second-order valence-corrected chi connectivity index (χ2v) is 7.54. The van der Waals surface area contributed by atoms with Gasteiger partial charge in [-0.1, -0.05) is 30.8 Å². The van der Waals surface area contributed by atoms with Crippen molar-refractivity contribution in [1.82, 2.24) is 0 Å². The molecule has 148 valence electrons. The minimum atomic E-state index is -0.124. The van der Waals surface area contributed by atoms with Crippen molar-refractivity contribution in [1.29, 1.82) is 0 Å². The number of rotatable bonds is 8. The Labute approximate surface area is 174 Å². The van der Waals surface area contributed by atoms with Crippen LogP contribution in [0.4, 0.5) is 0 Å². The summed E-state index contributed by atoms with van der Waals surface area (Å²) >= 11 is 1.37. The molecular formula is C24H22O4S. The summed E-state index contributed by atoms with van der Waals surface area (Å²) in [6, 6.07) is 17.7. The van der Waals surface area contributed by atoms with E-state index >= 15 is 0 Å². The lowest BCUT2D eigenvalue weighted by atomic mass is 10.1. The van der Waals surface area contributed by atoms with Crippen LogP contribution in [0.25, 0.3) is 5.57 Å². The Balaban J connectivity index is 1.63. The molecule has 5 heteroatoms. The Morgan fingerprint density at radius 2 is 1.83 bits per heavy atom. The van der Waals surface area contributed by atoms with Gasteiger partial charge in [-0.15, -0.1) is 11.3 Å². The Bertz CT molecular complexity index is 1040. The first-order valence-electron chi connectivity index (χ1n) is 9.03. The van der Waals surface area contributed by atoms with Crippen LogP contribution < -0.4 is 4.74 Å². The van der Waals surface area contributed by atoms with E-state index in [1.807, 2.05) is 43.3 Å². The summed E-state index contributed by atoms with van der Waals surface area (Å²) in [5.41, 5.74) is 2.27. The van der Waals surface area contributed by atoms with Crippen LogP contribution in [0.3, 0.4) is 0 Å². The molecule has 3 rings (SSSR count). The summed E-state index contributed by atoms with van der Waals surface area (Å²) in [7, 11) is 1.64. The van der Waals surface area contributed by atoms with Crippen LogP contribution in [0.15, 0.2) is 79.1 Å². The summed E-state index contributed by atoms with van der Waals surface area (Å²) in [6.45, 7) is 6.41. The highest BCUT2D eigenvalue weighted by Crippen LogP contribution is 2.27. The maximum Gasteiger partial charge on any atom is 0.203 e. The molecule has 29 heavy (non-hydrogen) atoms. The highest BCUT2D eigenvalue weighted by atomic mass is 32.1. The quantitative estimate of drug-likeness (QED) is 0.291. The highest BCUT2D eigenvalue weighted by Gasteiger charge is 2.13. The van der Waals surface area contributed by atoms with E-state index in [1.54, 1.807) is 25.3 Å². The van der Waals surface area contributed by atoms with Crippen molar-refractivity contribution < 1.29 is 19.4 Å². The van der Waals surface area contributed by atoms with Crippen LogP contribution in [0, 0.1) is 0 Å². The molecule has 1 N–H and O–H groups in total. The second kappa shape index (κ2) is 9.26. The van der Waals surface area contributed by atoms with E-state index < -0.39 is 0 Å². The van der Waals surface area contributed by atoms with Crippen LogP contribution in [0.2, 0.25) is 0 Å². The predicted octanol–water partition coefficient (Wildman–Crippen LogP) is 5.83. The Kier molecular flexibility index (Phi) is 6.52.